The Labute approximate surface area is 125 Å². The first-order valence-electron chi connectivity index (χ1n) is 7.23. The van der Waals surface area contributed by atoms with Crippen LogP contribution in [0.15, 0.2) is 24.3 Å². The molecule has 0 amide bonds. The van der Waals surface area contributed by atoms with Gasteiger partial charge in [0.15, 0.2) is 0 Å². The Hall–Kier alpha value is -1.22. The second kappa shape index (κ2) is 6.04. The number of hydrogen-bond acceptors (Lipinski definition) is 2. The lowest BCUT2D eigenvalue weighted by molar-refractivity contribution is -0.146. The first kappa shape index (κ1) is 15.2. The predicted octanol–water partition coefficient (Wildman–Crippen LogP) is 4.42. The van der Waals surface area contributed by atoms with Crippen molar-refractivity contribution >= 4 is 23.3 Å². The third-order valence-electron chi connectivity index (χ3n) is 4.35. The molecule has 0 spiro atoms. The lowest BCUT2D eigenvalue weighted by Crippen LogP contribution is -2.55. The van der Waals surface area contributed by atoms with E-state index in [1.165, 1.54) is 0 Å². The van der Waals surface area contributed by atoms with Crippen LogP contribution in [-0.2, 0) is 4.79 Å². The average molecular weight is 296 g/mol. The van der Waals surface area contributed by atoms with Gasteiger partial charge < -0.3 is 10.4 Å². The van der Waals surface area contributed by atoms with Crippen LogP contribution in [-0.4, -0.2) is 16.6 Å². The molecular formula is C16H22ClNO2. The van der Waals surface area contributed by atoms with E-state index < -0.39 is 11.5 Å². The maximum absolute atomic E-state index is 12.0. The number of benzene rings is 1. The number of rotatable bonds is 4. The van der Waals surface area contributed by atoms with Gasteiger partial charge in [0.2, 0.25) is 0 Å². The Morgan fingerprint density at radius 1 is 1.45 bits per heavy atom. The summed E-state index contributed by atoms with van der Waals surface area (Å²) in [6, 6.07) is 7.30. The van der Waals surface area contributed by atoms with Crippen LogP contribution in [0.4, 0.5) is 5.69 Å². The fraction of sp³-hybridized carbons (Fsp3) is 0.562. The number of anilines is 1. The molecule has 20 heavy (non-hydrogen) atoms. The monoisotopic (exact) mass is 295 g/mol. The van der Waals surface area contributed by atoms with Crippen molar-refractivity contribution in [2.45, 2.75) is 45.1 Å². The molecule has 0 heterocycles. The first-order chi connectivity index (χ1) is 9.45. The van der Waals surface area contributed by atoms with Crippen LogP contribution in [0.3, 0.4) is 0 Å². The molecule has 3 nitrogen and oxygen atoms in total. The Kier molecular flexibility index (Phi) is 4.59. The molecule has 4 heteroatoms. The second-order valence-corrected chi connectivity index (χ2v) is 6.44. The van der Waals surface area contributed by atoms with Crippen LogP contribution in [0.25, 0.3) is 0 Å². The molecule has 2 unspecified atom stereocenters. The predicted molar refractivity (Wildman–Crippen MR) is 82.2 cm³/mol. The van der Waals surface area contributed by atoms with Gasteiger partial charge in [-0.05, 0) is 42.9 Å². The lowest BCUT2D eigenvalue weighted by Gasteiger charge is -2.44. The van der Waals surface area contributed by atoms with E-state index >= 15 is 0 Å². The van der Waals surface area contributed by atoms with Crippen molar-refractivity contribution in [3.8, 4) is 0 Å². The van der Waals surface area contributed by atoms with E-state index in [0.29, 0.717) is 17.4 Å². The average Bonchev–Trinajstić information content (AvgIpc) is 2.38. The van der Waals surface area contributed by atoms with Gasteiger partial charge in [0, 0.05) is 10.7 Å². The van der Waals surface area contributed by atoms with Gasteiger partial charge in [0.05, 0.1) is 0 Å². The second-order valence-electron chi connectivity index (χ2n) is 6.01. The SMILES string of the molecule is CC(C)C1CCCCC1(Nc1cccc(Cl)c1)C(=O)O. The Balaban J connectivity index is 2.35. The van der Waals surface area contributed by atoms with Gasteiger partial charge in [-0.1, -0.05) is 44.4 Å². The molecule has 2 rings (SSSR count). The zero-order valence-electron chi connectivity index (χ0n) is 12.0. The zero-order chi connectivity index (χ0) is 14.8. The van der Waals surface area contributed by atoms with Crippen molar-refractivity contribution in [2.24, 2.45) is 11.8 Å². The third kappa shape index (κ3) is 2.93. The standard InChI is InChI=1S/C16H22ClNO2/c1-11(2)14-8-3-4-9-16(14,15(19)20)18-13-7-5-6-12(17)10-13/h5-7,10-11,14,18H,3-4,8-9H2,1-2H3,(H,19,20). The van der Waals surface area contributed by atoms with Crippen molar-refractivity contribution in [1.82, 2.24) is 0 Å². The van der Waals surface area contributed by atoms with Crippen LogP contribution in [0, 0.1) is 11.8 Å². The van der Waals surface area contributed by atoms with Crippen LogP contribution in [0.2, 0.25) is 5.02 Å². The molecular weight excluding hydrogens is 274 g/mol. The maximum atomic E-state index is 12.0. The summed E-state index contributed by atoms with van der Waals surface area (Å²) < 4.78 is 0. The van der Waals surface area contributed by atoms with Gasteiger partial charge in [-0.2, -0.15) is 0 Å². The summed E-state index contributed by atoms with van der Waals surface area (Å²) in [5.74, 6) is -0.290. The minimum Gasteiger partial charge on any atom is -0.479 e. The summed E-state index contributed by atoms with van der Waals surface area (Å²) in [5.41, 5.74) is -0.0932. The van der Waals surface area contributed by atoms with Crippen molar-refractivity contribution in [3.63, 3.8) is 0 Å². The summed E-state index contributed by atoms with van der Waals surface area (Å²) in [6.07, 6.45) is 3.67. The molecule has 2 N–H and O–H groups in total. The van der Waals surface area contributed by atoms with Crippen molar-refractivity contribution in [2.75, 3.05) is 5.32 Å². The zero-order valence-corrected chi connectivity index (χ0v) is 12.8. The number of nitrogens with one attached hydrogen (secondary N) is 1. The van der Waals surface area contributed by atoms with Crippen LogP contribution >= 0.6 is 11.6 Å². The molecule has 0 aliphatic heterocycles. The smallest absolute Gasteiger partial charge is 0.329 e. The number of aliphatic carboxylic acids is 1. The fourth-order valence-electron chi connectivity index (χ4n) is 3.40. The van der Waals surface area contributed by atoms with E-state index in [9.17, 15) is 9.90 Å². The minimum absolute atomic E-state index is 0.132. The lowest BCUT2D eigenvalue weighted by atomic mass is 9.67. The van der Waals surface area contributed by atoms with Gasteiger partial charge in [-0.15, -0.1) is 0 Å². The van der Waals surface area contributed by atoms with Gasteiger partial charge >= 0.3 is 5.97 Å². The molecule has 110 valence electrons. The highest BCUT2D eigenvalue weighted by Crippen LogP contribution is 2.41. The number of hydrogen-bond donors (Lipinski definition) is 2. The van der Waals surface area contributed by atoms with E-state index in [4.69, 9.17) is 11.6 Å². The molecule has 1 aromatic rings. The molecule has 0 aromatic heterocycles. The highest BCUT2D eigenvalue weighted by molar-refractivity contribution is 6.30. The normalized spacial score (nSPS) is 26.5. The summed E-state index contributed by atoms with van der Waals surface area (Å²) in [7, 11) is 0. The topological polar surface area (TPSA) is 49.3 Å². The van der Waals surface area contributed by atoms with Crippen molar-refractivity contribution < 1.29 is 9.90 Å². The van der Waals surface area contributed by atoms with E-state index in [1.54, 1.807) is 12.1 Å². The Morgan fingerprint density at radius 3 is 2.80 bits per heavy atom. The number of carbonyl (C=O) groups is 1. The third-order valence-corrected chi connectivity index (χ3v) is 4.58. The van der Waals surface area contributed by atoms with Crippen LogP contribution in [0.5, 0.6) is 0 Å². The summed E-state index contributed by atoms with van der Waals surface area (Å²) in [5, 5.41) is 13.7. The minimum atomic E-state index is -0.878. The summed E-state index contributed by atoms with van der Waals surface area (Å²) in [4.78, 5) is 12.0. The molecule has 0 radical (unpaired) electrons. The Morgan fingerprint density at radius 2 is 2.20 bits per heavy atom. The molecule has 1 saturated carbocycles. The molecule has 1 aromatic carbocycles. The molecule has 2 atom stereocenters. The van der Waals surface area contributed by atoms with Gasteiger partial charge in [-0.25, -0.2) is 4.79 Å². The summed E-state index contributed by atoms with van der Waals surface area (Å²) >= 11 is 6.00. The molecule has 1 aliphatic rings. The molecule has 0 saturated heterocycles. The van der Waals surface area contributed by atoms with Crippen LogP contribution in [0.1, 0.15) is 39.5 Å². The van der Waals surface area contributed by atoms with Gasteiger partial charge in [-0.3, -0.25) is 0 Å². The van der Waals surface area contributed by atoms with E-state index in [-0.39, 0.29) is 5.92 Å². The number of carboxylic acids is 1. The van der Waals surface area contributed by atoms with E-state index in [2.05, 4.69) is 19.2 Å². The van der Waals surface area contributed by atoms with E-state index in [1.807, 2.05) is 12.1 Å². The van der Waals surface area contributed by atoms with Gasteiger partial charge in [0.1, 0.15) is 5.54 Å². The van der Waals surface area contributed by atoms with E-state index in [0.717, 1.165) is 24.9 Å². The quantitative estimate of drug-likeness (QED) is 0.864. The number of carboxylic acid groups (broad SMARTS) is 1. The van der Waals surface area contributed by atoms with Crippen molar-refractivity contribution in [1.29, 1.82) is 0 Å². The first-order valence-corrected chi connectivity index (χ1v) is 7.60. The molecule has 1 aliphatic carbocycles. The highest BCUT2D eigenvalue weighted by atomic mass is 35.5. The summed E-state index contributed by atoms with van der Waals surface area (Å²) in [6.45, 7) is 4.21. The molecule has 1 fully saturated rings. The van der Waals surface area contributed by atoms with Crippen LogP contribution < -0.4 is 5.32 Å². The molecule has 0 bridgehead atoms. The van der Waals surface area contributed by atoms with Crippen molar-refractivity contribution in [3.05, 3.63) is 29.3 Å². The van der Waals surface area contributed by atoms with Gasteiger partial charge in [0.25, 0.3) is 0 Å². The fourth-order valence-corrected chi connectivity index (χ4v) is 3.59. The highest BCUT2D eigenvalue weighted by Gasteiger charge is 2.48. The number of halogens is 1. The maximum Gasteiger partial charge on any atom is 0.329 e. The Bertz CT molecular complexity index is 489. The largest absolute Gasteiger partial charge is 0.479 e.